The highest BCUT2D eigenvalue weighted by molar-refractivity contribution is 4.94. The second-order valence-electron chi connectivity index (χ2n) is 4.15. The highest BCUT2D eigenvalue weighted by atomic mass is 15.2. The van der Waals surface area contributed by atoms with Crippen LogP contribution in [0.25, 0.3) is 0 Å². The molecule has 0 N–H and O–H groups in total. The van der Waals surface area contributed by atoms with Crippen molar-refractivity contribution >= 4 is 0 Å². The highest BCUT2D eigenvalue weighted by Crippen LogP contribution is 2.32. The van der Waals surface area contributed by atoms with E-state index in [0.29, 0.717) is 18.4 Å². The maximum absolute atomic E-state index is 8.78. The Labute approximate surface area is 92.9 Å². The Morgan fingerprint density at radius 3 is 2.47 bits per heavy atom. The summed E-state index contributed by atoms with van der Waals surface area (Å²) >= 11 is 0. The normalized spacial score (nSPS) is 25.1. The summed E-state index contributed by atoms with van der Waals surface area (Å²) in [5, 5.41) is 8.78. The van der Waals surface area contributed by atoms with Crippen molar-refractivity contribution in [3.63, 3.8) is 0 Å². The van der Waals surface area contributed by atoms with Gasteiger partial charge in [-0.2, -0.15) is 5.26 Å². The third-order valence-electron chi connectivity index (χ3n) is 3.17. The molecular formula is C13H20N2. The van der Waals surface area contributed by atoms with Gasteiger partial charge < -0.3 is 0 Å². The summed E-state index contributed by atoms with van der Waals surface area (Å²) in [7, 11) is 0. The van der Waals surface area contributed by atoms with E-state index in [0.717, 1.165) is 13.1 Å². The number of rotatable bonds is 6. The van der Waals surface area contributed by atoms with Gasteiger partial charge in [-0.25, -0.2) is 0 Å². The van der Waals surface area contributed by atoms with Crippen LogP contribution in [0, 0.1) is 17.2 Å². The molecular weight excluding hydrogens is 184 g/mol. The molecule has 0 heterocycles. The summed E-state index contributed by atoms with van der Waals surface area (Å²) < 4.78 is 0. The fraction of sp³-hybridized carbons (Fsp3) is 0.615. The van der Waals surface area contributed by atoms with E-state index in [1.807, 2.05) is 12.2 Å². The van der Waals surface area contributed by atoms with Gasteiger partial charge in [-0.3, -0.25) is 4.90 Å². The van der Waals surface area contributed by atoms with Crippen LogP contribution in [0.3, 0.4) is 0 Å². The minimum absolute atomic E-state index is 0.551. The van der Waals surface area contributed by atoms with E-state index < -0.39 is 0 Å². The van der Waals surface area contributed by atoms with Crippen molar-refractivity contribution in [1.82, 2.24) is 4.90 Å². The summed E-state index contributed by atoms with van der Waals surface area (Å²) in [4.78, 5) is 2.38. The molecule has 1 saturated carbocycles. The summed E-state index contributed by atoms with van der Waals surface area (Å²) in [6, 6.07) is 2.86. The lowest BCUT2D eigenvalue weighted by atomic mass is 9.99. The lowest BCUT2D eigenvalue weighted by Crippen LogP contribution is -2.38. The fourth-order valence-electron chi connectivity index (χ4n) is 2.53. The zero-order valence-corrected chi connectivity index (χ0v) is 9.36. The molecule has 2 atom stereocenters. The molecule has 0 aromatic heterocycles. The SMILES string of the molecule is C=CCN(CC=C)[C@H]1CCC[C@@H]1CC#N. The molecule has 0 saturated heterocycles. The summed E-state index contributed by atoms with van der Waals surface area (Å²) in [6.07, 6.45) is 8.23. The molecule has 1 fully saturated rings. The molecule has 0 radical (unpaired) electrons. The Bertz CT molecular complexity index is 242. The predicted octanol–water partition coefficient (Wildman–Crippen LogP) is 2.74. The van der Waals surface area contributed by atoms with Gasteiger partial charge in [0.25, 0.3) is 0 Å². The van der Waals surface area contributed by atoms with Crippen LogP contribution in [0.5, 0.6) is 0 Å². The van der Waals surface area contributed by atoms with Gasteiger partial charge in [0.05, 0.1) is 6.07 Å². The van der Waals surface area contributed by atoms with E-state index in [1.54, 1.807) is 0 Å². The second-order valence-corrected chi connectivity index (χ2v) is 4.15. The lowest BCUT2D eigenvalue weighted by molar-refractivity contribution is 0.196. The number of hydrogen-bond acceptors (Lipinski definition) is 2. The Morgan fingerprint density at radius 2 is 1.93 bits per heavy atom. The standard InChI is InChI=1S/C13H20N2/c1-3-10-15(11-4-2)13-7-5-6-12(13)8-9-14/h3-4,12-13H,1-2,5-8,10-11H2/t12-,13+/m1/s1. The highest BCUT2D eigenvalue weighted by Gasteiger charge is 2.30. The first kappa shape index (κ1) is 12.0. The van der Waals surface area contributed by atoms with Crippen LogP contribution in [0.2, 0.25) is 0 Å². The summed E-state index contributed by atoms with van der Waals surface area (Å²) in [5.41, 5.74) is 0. The monoisotopic (exact) mass is 204 g/mol. The molecule has 1 aliphatic carbocycles. The van der Waals surface area contributed by atoms with Crippen LogP contribution in [-0.2, 0) is 0 Å². The molecule has 0 aromatic rings. The maximum atomic E-state index is 8.78. The lowest BCUT2D eigenvalue weighted by Gasteiger charge is -2.30. The van der Waals surface area contributed by atoms with E-state index in [4.69, 9.17) is 5.26 Å². The maximum Gasteiger partial charge on any atom is 0.0625 e. The Morgan fingerprint density at radius 1 is 1.27 bits per heavy atom. The van der Waals surface area contributed by atoms with Crippen LogP contribution in [0.1, 0.15) is 25.7 Å². The molecule has 2 heteroatoms. The largest absolute Gasteiger partial charge is 0.293 e. The smallest absolute Gasteiger partial charge is 0.0625 e. The van der Waals surface area contributed by atoms with Crippen molar-refractivity contribution in [2.75, 3.05) is 13.1 Å². The fourth-order valence-corrected chi connectivity index (χ4v) is 2.53. The van der Waals surface area contributed by atoms with Crippen molar-refractivity contribution < 1.29 is 0 Å². The number of hydrogen-bond donors (Lipinski definition) is 0. The molecule has 0 unspecified atom stereocenters. The van der Waals surface area contributed by atoms with E-state index in [1.165, 1.54) is 19.3 Å². The van der Waals surface area contributed by atoms with Crippen LogP contribution >= 0.6 is 0 Å². The second kappa shape index (κ2) is 6.42. The quantitative estimate of drug-likeness (QED) is 0.622. The molecule has 0 spiro atoms. The van der Waals surface area contributed by atoms with Gasteiger partial charge in [0.2, 0.25) is 0 Å². The van der Waals surface area contributed by atoms with Crippen molar-refractivity contribution in [2.24, 2.45) is 5.92 Å². The number of nitrogens with zero attached hydrogens (tertiary/aromatic N) is 2. The minimum atomic E-state index is 0.551. The van der Waals surface area contributed by atoms with Crippen molar-refractivity contribution in [3.8, 4) is 6.07 Å². The van der Waals surface area contributed by atoms with Gasteiger partial charge in [-0.05, 0) is 18.8 Å². The summed E-state index contributed by atoms with van der Waals surface area (Å²) in [6.45, 7) is 9.37. The van der Waals surface area contributed by atoms with E-state index in [-0.39, 0.29) is 0 Å². The minimum Gasteiger partial charge on any atom is -0.293 e. The predicted molar refractivity (Wildman–Crippen MR) is 63.3 cm³/mol. The van der Waals surface area contributed by atoms with E-state index in [2.05, 4.69) is 24.1 Å². The molecule has 82 valence electrons. The molecule has 0 bridgehead atoms. The van der Waals surface area contributed by atoms with Gasteiger partial charge in [0, 0.05) is 25.6 Å². The molecule has 0 aliphatic heterocycles. The molecule has 1 aliphatic rings. The molecule has 1 rings (SSSR count). The van der Waals surface area contributed by atoms with Crippen molar-refractivity contribution in [3.05, 3.63) is 25.3 Å². The first-order valence-electron chi connectivity index (χ1n) is 5.66. The van der Waals surface area contributed by atoms with Crippen LogP contribution in [0.4, 0.5) is 0 Å². The van der Waals surface area contributed by atoms with Crippen molar-refractivity contribution in [2.45, 2.75) is 31.7 Å². The van der Waals surface area contributed by atoms with Gasteiger partial charge in [-0.1, -0.05) is 18.6 Å². The van der Waals surface area contributed by atoms with Crippen LogP contribution in [-0.4, -0.2) is 24.0 Å². The number of nitriles is 1. The zero-order chi connectivity index (χ0) is 11.1. The van der Waals surface area contributed by atoms with Gasteiger partial charge in [0.15, 0.2) is 0 Å². The van der Waals surface area contributed by atoms with Crippen LogP contribution < -0.4 is 0 Å². The Balaban J connectivity index is 2.60. The van der Waals surface area contributed by atoms with E-state index in [9.17, 15) is 0 Å². The molecule has 15 heavy (non-hydrogen) atoms. The molecule has 0 amide bonds. The first-order chi connectivity index (χ1) is 7.33. The Kier molecular flexibility index (Phi) is 5.14. The Hall–Kier alpha value is -1.07. The van der Waals surface area contributed by atoms with Gasteiger partial charge in [0.1, 0.15) is 0 Å². The van der Waals surface area contributed by atoms with Crippen LogP contribution in [0.15, 0.2) is 25.3 Å². The average molecular weight is 204 g/mol. The third-order valence-corrected chi connectivity index (χ3v) is 3.17. The zero-order valence-electron chi connectivity index (χ0n) is 9.36. The van der Waals surface area contributed by atoms with Gasteiger partial charge in [-0.15, -0.1) is 13.2 Å². The topological polar surface area (TPSA) is 27.0 Å². The summed E-state index contributed by atoms with van der Waals surface area (Å²) in [5.74, 6) is 0.551. The first-order valence-corrected chi connectivity index (χ1v) is 5.66. The van der Waals surface area contributed by atoms with Gasteiger partial charge >= 0.3 is 0 Å². The average Bonchev–Trinajstić information content (AvgIpc) is 2.66. The van der Waals surface area contributed by atoms with Crippen molar-refractivity contribution in [1.29, 1.82) is 5.26 Å². The molecule has 2 nitrogen and oxygen atoms in total. The van der Waals surface area contributed by atoms with E-state index >= 15 is 0 Å². The molecule has 0 aromatic carbocycles. The third kappa shape index (κ3) is 3.21.